The van der Waals surface area contributed by atoms with Gasteiger partial charge in [-0.25, -0.2) is 0 Å². The number of carbonyl (C=O) groups excluding carboxylic acids is 2. The number of aromatic nitrogens is 1. The molecular formula is C26H32N4O3. The molecule has 2 amide bonds. The van der Waals surface area contributed by atoms with E-state index < -0.39 is 0 Å². The van der Waals surface area contributed by atoms with Crippen LogP contribution in [0.2, 0.25) is 0 Å². The van der Waals surface area contributed by atoms with Crippen LogP contribution in [0, 0.1) is 5.92 Å². The topological polar surface area (TPSA) is 74.7 Å². The fourth-order valence-corrected chi connectivity index (χ4v) is 5.90. The lowest BCUT2D eigenvalue weighted by molar-refractivity contribution is -0.130. The molecule has 0 aliphatic carbocycles. The SMILES string of the molecule is CC(=O)N1CCC(N2CC3CC(C2)c2ccc(NC(=O)Cc4ccccc4)c(=O)n2C3)CC1. The fourth-order valence-electron chi connectivity index (χ4n) is 5.90. The molecule has 2 aromatic rings. The van der Waals surface area contributed by atoms with Gasteiger partial charge in [-0.2, -0.15) is 0 Å². The summed E-state index contributed by atoms with van der Waals surface area (Å²) in [6, 6.07) is 13.9. The second-order valence-corrected chi connectivity index (χ2v) is 9.79. The van der Waals surface area contributed by atoms with Gasteiger partial charge in [-0.3, -0.25) is 19.3 Å². The maximum Gasteiger partial charge on any atom is 0.274 e. The third-order valence-electron chi connectivity index (χ3n) is 7.54. The quantitative estimate of drug-likeness (QED) is 0.780. The molecule has 2 unspecified atom stereocenters. The first-order valence-electron chi connectivity index (χ1n) is 12.0. The molecule has 2 fully saturated rings. The molecule has 7 heteroatoms. The van der Waals surface area contributed by atoms with Crippen molar-refractivity contribution in [1.29, 1.82) is 0 Å². The van der Waals surface area contributed by atoms with Crippen LogP contribution in [0.5, 0.6) is 0 Å². The predicted molar refractivity (Wildman–Crippen MR) is 127 cm³/mol. The second-order valence-electron chi connectivity index (χ2n) is 9.79. The molecule has 174 valence electrons. The maximum absolute atomic E-state index is 13.2. The highest BCUT2D eigenvalue weighted by atomic mass is 16.2. The van der Waals surface area contributed by atoms with E-state index in [9.17, 15) is 14.4 Å². The number of nitrogens with one attached hydrogen (secondary N) is 1. The van der Waals surface area contributed by atoms with E-state index in [-0.39, 0.29) is 23.8 Å². The van der Waals surface area contributed by atoms with Gasteiger partial charge in [-0.1, -0.05) is 30.3 Å². The lowest BCUT2D eigenvalue weighted by atomic mass is 9.82. The summed E-state index contributed by atoms with van der Waals surface area (Å²) >= 11 is 0. The summed E-state index contributed by atoms with van der Waals surface area (Å²) in [4.78, 5) is 41.9. The maximum atomic E-state index is 13.2. The van der Waals surface area contributed by atoms with Crippen LogP contribution in [-0.4, -0.2) is 58.4 Å². The minimum absolute atomic E-state index is 0.0909. The van der Waals surface area contributed by atoms with Gasteiger partial charge in [0.1, 0.15) is 5.69 Å². The first-order valence-corrected chi connectivity index (χ1v) is 12.0. The monoisotopic (exact) mass is 448 g/mol. The van der Waals surface area contributed by atoms with Crippen molar-refractivity contribution < 1.29 is 9.59 Å². The summed E-state index contributed by atoms with van der Waals surface area (Å²) in [6.45, 7) is 5.99. The summed E-state index contributed by atoms with van der Waals surface area (Å²) in [5.41, 5.74) is 2.29. The molecule has 5 rings (SSSR count). The number of amides is 2. The predicted octanol–water partition coefficient (Wildman–Crippen LogP) is 2.46. The fraction of sp³-hybridized carbons (Fsp3) is 0.500. The van der Waals surface area contributed by atoms with Crippen LogP contribution in [-0.2, 0) is 22.6 Å². The molecule has 0 spiro atoms. The van der Waals surface area contributed by atoms with Crippen LogP contribution in [0.3, 0.4) is 0 Å². The Hall–Kier alpha value is -2.93. The van der Waals surface area contributed by atoms with Crippen LogP contribution in [0.15, 0.2) is 47.3 Å². The van der Waals surface area contributed by atoms with Crippen LogP contribution in [0.1, 0.15) is 43.4 Å². The van der Waals surface area contributed by atoms with E-state index in [4.69, 9.17) is 0 Å². The molecule has 1 N–H and O–H groups in total. The van der Waals surface area contributed by atoms with E-state index in [0.717, 1.165) is 56.7 Å². The van der Waals surface area contributed by atoms with Crippen molar-refractivity contribution in [3.05, 3.63) is 64.1 Å². The highest BCUT2D eigenvalue weighted by Gasteiger charge is 2.38. The van der Waals surface area contributed by atoms with Gasteiger partial charge in [-0.15, -0.1) is 0 Å². The third-order valence-corrected chi connectivity index (χ3v) is 7.54. The normalized spacial score (nSPS) is 23.1. The minimum Gasteiger partial charge on any atom is -0.343 e. The first-order chi connectivity index (χ1) is 16.0. The van der Waals surface area contributed by atoms with Gasteiger partial charge >= 0.3 is 0 Å². The smallest absolute Gasteiger partial charge is 0.274 e. The lowest BCUT2D eigenvalue weighted by Gasteiger charge is -2.47. The molecule has 1 aromatic carbocycles. The zero-order valence-electron chi connectivity index (χ0n) is 19.2. The number of benzene rings is 1. The zero-order valence-corrected chi connectivity index (χ0v) is 19.2. The molecule has 33 heavy (non-hydrogen) atoms. The molecule has 7 nitrogen and oxygen atoms in total. The molecule has 0 radical (unpaired) electrons. The molecule has 4 heterocycles. The molecule has 1 aromatic heterocycles. The number of anilines is 1. The Bertz CT molecular complexity index is 1090. The number of likely N-dealkylation sites (tertiary alicyclic amines) is 2. The largest absolute Gasteiger partial charge is 0.343 e. The van der Waals surface area contributed by atoms with Gasteiger partial charge < -0.3 is 14.8 Å². The number of hydrogen-bond acceptors (Lipinski definition) is 4. The molecule has 3 aliphatic rings. The van der Waals surface area contributed by atoms with Crippen molar-refractivity contribution in [3.63, 3.8) is 0 Å². The van der Waals surface area contributed by atoms with E-state index >= 15 is 0 Å². The average Bonchev–Trinajstić information content (AvgIpc) is 2.82. The number of carbonyl (C=O) groups is 2. The average molecular weight is 449 g/mol. The van der Waals surface area contributed by atoms with E-state index in [1.807, 2.05) is 45.9 Å². The summed E-state index contributed by atoms with van der Waals surface area (Å²) in [7, 11) is 0. The Kier molecular flexibility index (Phi) is 6.06. The van der Waals surface area contributed by atoms with Gasteiger partial charge in [0.2, 0.25) is 11.8 Å². The Morgan fingerprint density at radius 3 is 2.48 bits per heavy atom. The number of rotatable bonds is 4. The number of nitrogens with zero attached hydrogens (tertiary/aromatic N) is 3. The van der Waals surface area contributed by atoms with Crippen LogP contribution in [0.4, 0.5) is 5.69 Å². The molecule has 2 atom stereocenters. The van der Waals surface area contributed by atoms with Gasteiger partial charge in [0, 0.05) is 57.3 Å². The van der Waals surface area contributed by atoms with Crippen molar-refractivity contribution in [1.82, 2.24) is 14.4 Å². The third kappa shape index (κ3) is 4.60. The minimum atomic E-state index is -0.169. The summed E-state index contributed by atoms with van der Waals surface area (Å²) in [5.74, 6) is 0.780. The highest BCUT2D eigenvalue weighted by molar-refractivity contribution is 5.92. The Balaban J connectivity index is 1.27. The molecule has 2 bridgehead atoms. The van der Waals surface area contributed by atoms with Crippen LogP contribution in [0.25, 0.3) is 0 Å². The Labute approximate surface area is 194 Å². The number of pyridine rings is 1. The van der Waals surface area contributed by atoms with E-state index in [1.165, 1.54) is 0 Å². The van der Waals surface area contributed by atoms with Crippen molar-refractivity contribution in [2.24, 2.45) is 5.92 Å². The van der Waals surface area contributed by atoms with E-state index in [2.05, 4.69) is 10.2 Å². The zero-order chi connectivity index (χ0) is 22.9. The van der Waals surface area contributed by atoms with Gasteiger partial charge in [0.15, 0.2) is 0 Å². The van der Waals surface area contributed by atoms with Crippen molar-refractivity contribution in [2.75, 3.05) is 31.5 Å². The molecule has 2 saturated heterocycles. The Morgan fingerprint density at radius 2 is 1.76 bits per heavy atom. The number of fused-ring (bicyclic) bond motifs is 4. The summed E-state index contributed by atoms with van der Waals surface area (Å²) < 4.78 is 1.90. The van der Waals surface area contributed by atoms with Crippen molar-refractivity contribution in [3.8, 4) is 0 Å². The number of piperidine rings is 2. The van der Waals surface area contributed by atoms with E-state index in [1.54, 1.807) is 13.0 Å². The lowest BCUT2D eigenvalue weighted by Crippen LogP contribution is -2.53. The first kappa shape index (κ1) is 21.9. The summed E-state index contributed by atoms with van der Waals surface area (Å²) in [6.07, 6.45) is 3.42. The molecule has 0 saturated carbocycles. The van der Waals surface area contributed by atoms with Gasteiger partial charge in [-0.05, 0) is 42.9 Å². The molecule has 3 aliphatic heterocycles. The van der Waals surface area contributed by atoms with Gasteiger partial charge in [0.05, 0.1) is 6.42 Å². The van der Waals surface area contributed by atoms with Crippen LogP contribution >= 0.6 is 0 Å². The summed E-state index contributed by atoms with van der Waals surface area (Å²) in [5, 5.41) is 2.83. The van der Waals surface area contributed by atoms with Crippen molar-refractivity contribution >= 4 is 17.5 Å². The van der Waals surface area contributed by atoms with E-state index in [0.29, 0.717) is 30.1 Å². The van der Waals surface area contributed by atoms with Gasteiger partial charge in [0.25, 0.3) is 5.56 Å². The molecular weight excluding hydrogens is 416 g/mol. The number of hydrogen-bond donors (Lipinski definition) is 1. The standard InChI is InChI=1S/C26H32N4O3/c1-18(31)28-11-9-22(10-12-28)29-15-20-13-21(17-29)24-8-7-23(26(33)30(24)16-20)27-25(32)14-19-5-3-2-4-6-19/h2-8,20-22H,9-17H2,1H3,(H,27,32). The van der Waals surface area contributed by atoms with Crippen LogP contribution < -0.4 is 10.9 Å². The Morgan fingerprint density at radius 1 is 1.00 bits per heavy atom. The highest BCUT2D eigenvalue weighted by Crippen LogP contribution is 2.37. The van der Waals surface area contributed by atoms with Crippen molar-refractivity contribution in [2.45, 2.75) is 51.1 Å². The second kappa shape index (κ2) is 9.14.